The molecule has 3 rings (SSSR count). The molecule has 1 N–H and O–H groups in total. The van der Waals surface area contributed by atoms with Crippen LogP contribution in [0.25, 0.3) is 0 Å². The molecule has 0 saturated heterocycles. The van der Waals surface area contributed by atoms with Gasteiger partial charge in [0.15, 0.2) is 0 Å². The first-order valence-corrected chi connectivity index (χ1v) is 10.8. The van der Waals surface area contributed by atoms with Gasteiger partial charge in [-0.1, -0.05) is 44.2 Å². The molecule has 2 aromatic carbocycles. The number of para-hydroxylation sites is 1. The zero-order valence-electron chi connectivity index (χ0n) is 15.9. The third kappa shape index (κ3) is 4.39. The maximum Gasteiger partial charge on any atom is 0.245 e. The standard InChI is InChI=1S/C20H22FN3O3S/c1-13(2)20(25)24-19(14-7-6-8-15(21)11-14)12-18(22-24)16-9-4-5-10-17(16)23-28(3,26)27/h4-11,13,19,23H,12H2,1-3H3. The fraction of sp³-hybridized carbons (Fsp3) is 0.300. The molecule has 2 aromatic rings. The van der Waals surface area contributed by atoms with E-state index in [4.69, 9.17) is 0 Å². The Labute approximate surface area is 164 Å². The number of nitrogens with one attached hydrogen (secondary N) is 1. The quantitative estimate of drug-likeness (QED) is 0.829. The number of sulfonamides is 1. The van der Waals surface area contributed by atoms with Crippen LogP contribution in [0.3, 0.4) is 0 Å². The lowest BCUT2D eigenvalue weighted by molar-refractivity contribution is -0.136. The van der Waals surface area contributed by atoms with Crippen molar-refractivity contribution >= 4 is 27.3 Å². The highest BCUT2D eigenvalue weighted by Crippen LogP contribution is 2.35. The van der Waals surface area contributed by atoms with E-state index in [2.05, 4.69) is 9.82 Å². The highest BCUT2D eigenvalue weighted by atomic mass is 32.2. The van der Waals surface area contributed by atoms with Gasteiger partial charge in [-0.25, -0.2) is 17.8 Å². The van der Waals surface area contributed by atoms with Crippen molar-refractivity contribution in [3.05, 3.63) is 65.5 Å². The van der Waals surface area contributed by atoms with Crippen molar-refractivity contribution in [3.8, 4) is 0 Å². The number of benzene rings is 2. The minimum absolute atomic E-state index is 0.183. The summed E-state index contributed by atoms with van der Waals surface area (Å²) in [5, 5.41) is 5.88. The van der Waals surface area contributed by atoms with E-state index in [1.165, 1.54) is 17.1 Å². The number of halogens is 1. The maximum absolute atomic E-state index is 13.8. The number of amides is 1. The number of anilines is 1. The van der Waals surface area contributed by atoms with Gasteiger partial charge in [-0.15, -0.1) is 0 Å². The van der Waals surface area contributed by atoms with Gasteiger partial charge in [-0.05, 0) is 23.8 Å². The molecule has 1 atom stereocenters. The number of rotatable bonds is 5. The first-order valence-electron chi connectivity index (χ1n) is 8.89. The van der Waals surface area contributed by atoms with E-state index in [9.17, 15) is 17.6 Å². The summed E-state index contributed by atoms with van der Waals surface area (Å²) in [7, 11) is -3.48. The summed E-state index contributed by atoms with van der Waals surface area (Å²) in [5.41, 5.74) is 2.19. The van der Waals surface area contributed by atoms with Gasteiger partial charge in [0.2, 0.25) is 15.9 Å². The van der Waals surface area contributed by atoms with Crippen molar-refractivity contribution in [2.24, 2.45) is 11.0 Å². The van der Waals surface area contributed by atoms with Gasteiger partial charge in [-0.3, -0.25) is 9.52 Å². The van der Waals surface area contributed by atoms with Crippen LogP contribution in [-0.2, 0) is 14.8 Å². The van der Waals surface area contributed by atoms with Crippen molar-refractivity contribution in [1.29, 1.82) is 0 Å². The molecular weight excluding hydrogens is 381 g/mol. The second kappa shape index (κ2) is 7.71. The Morgan fingerprint density at radius 2 is 1.93 bits per heavy atom. The number of nitrogens with zero attached hydrogens (tertiary/aromatic N) is 2. The van der Waals surface area contributed by atoms with E-state index in [1.54, 1.807) is 50.2 Å². The van der Waals surface area contributed by atoms with Crippen LogP contribution in [0.5, 0.6) is 0 Å². The van der Waals surface area contributed by atoms with Crippen LogP contribution in [0.4, 0.5) is 10.1 Å². The van der Waals surface area contributed by atoms with Gasteiger partial charge in [0, 0.05) is 17.9 Å². The van der Waals surface area contributed by atoms with Gasteiger partial charge in [-0.2, -0.15) is 5.10 Å². The Morgan fingerprint density at radius 3 is 2.57 bits per heavy atom. The summed E-state index contributed by atoms with van der Waals surface area (Å²) < 4.78 is 39.6. The fourth-order valence-electron chi connectivity index (χ4n) is 3.14. The van der Waals surface area contributed by atoms with Gasteiger partial charge >= 0.3 is 0 Å². The molecule has 0 spiro atoms. The van der Waals surface area contributed by atoms with Gasteiger partial charge in [0.1, 0.15) is 5.82 Å². The topological polar surface area (TPSA) is 78.8 Å². The zero-order chi connectivity index (χ0) is 20.5. The maximum atomic E-state index is 13.8. The largest absolute Gasteiger partial charge is 0.283 e. The lowest BCUT2D eigenvalue weighted by Crippen LogP contribution is -2.30. The van der Waals surface area contributed by atoms with E-state index in [0.717, 1.165) is 6.26 Å². The summed E-state index contributed by atoms with van der Waals surface area (Å²) in [5.74, 6) is -0.858. The molecular formula is C20H22FN3O3S. The molecule has 0 aliphatic carbocycles. The molecule has 1 aliphatic heterocycles. The molecule has 148 valence electrons. The van der Waals surface area contributed by atoms with Gasteiger partial charge in [0.25, 0.3) is 0 Å². The summed E-state index contributed by atoms with van der Waals surface area (Å²) in [4.78, 5) is 12.7. The second-order valence-corrected chi connectivity index (χ2v) is 8.83. The Balaban J connectivity index is 2.04. The number of carbonyl (C=O) groups excluding carboxylic acids is 1. The molecule has 0 bridgehead atoms. The molecule has 0 radical (unpaired) electrons. The van der Waals surface area contributed by atoms with Gasteiger partial charge in [0.05, 0.1) is 23.7 Å². The average Bonchev–Trinajstić information content (AvgIpc) is 3.05. The molecule has 0 fully saturated rings. The normalized spacial score (nSPS) is 17.0. The minimum atomic E-state index is -3.48. The second-order valence-electron chi connectivity index (χ2n) is 7.08. The van der Waals surface area contributed by atoms with E-state index in [0.29, 0.717) is 28.9 Å². The lowest BCUT2D eigenvalue weighted by Gasteiger charge is -2.23. The van der Waals surface area contributed by atoms with E-state index in [1.807, 2.05) is 0 Å². The molecule has 8 heteroatoms. The fourth-order valence-corrected chi connectivity index (χ4v) is 3.72. The van der Waals surface area contributed by atoms with Crippen molar-refractivity contribution < 1.29 is 17.6 Å². The number of hydrogen-bond donors (Lipinski definition) is 1. The first kappa shape index (κ1) is 20.0. The van der Waals surface area contributed by atoms with Crippen molar-refractivity contribution in [2.75, 3.05) is 11.0 Å². The highest BCUT2D eigenvalue weighted by molar-refractivity contribution is 7.92. The highest BCUT2D eigenvalue weighted by Gasteiger charge is 2.35. The van der Waals surface area contributed by atoms with Crippen LogP contribution in [0.15, 0.2) is 53.6 Å². The molecule has 1 amide bonds. The predicted octanol–water partition coefficient (Wildman–Crippen LogP) is 3.53. The summed E-state index contributed by atoms with van der Waals surface area (Å²) in [6.07, 6.45) is 1.43. The van der Waals surface area contributed by atoms with Gasteiger partial charge < -0.3 is 0 Å². The van der Waals surface area contributed by atoms with Crippen molar-refractivity contribution in [1.82, 2.24) is 5.01 Å². The number of hydrogen-bond acceptors (Lipinski definition) is 4. The summed E-state index contributed by atoms with van der Waals surface area (Å²) in [6, 6.07) is 12.5. The summed E-state index contributed by atoms with van der Waals surface area (Å²) >= 11 is 0. The van der Waals surface area contributed by atoms with Crippen molar-refractivity contribution in [2.45, 2.75) is 26.3 Å². The molecule has 6 nitrogen and oxygen atoms in total. The predicted molar refractivity (Wildman–Crippen MR) is 107 cm³/mol. The zero-order valence-corrected chi connectivity index (χ0v) is 16.7. The van der Waals surface area contributed by atoms with Crippen LogP contribution < -0.4 is 4.72 Å². The molecule has 1 aliphatic rings. The third-order valence-corrected chi connectivity index (χ3v) is 4.99. The van der Waals surface area contributed by atoms with E-state index < -0.39 is 16.1 Å². The average molecular weight is 403 g/mol. The lowest BCUT2D eigenvalue weighted by atomic mass is 9.97. The van der Waals surface area contributed by atoms with Crippen molar-refractivity contribution in [3.63, 3.8) is 0 Å². The Bertz CT molecular complexity index is 1030. The van der Waals surface area contributed by atoms with E-state index >= 15 is 0 Å². The Kier molecular flexibility index (Phi) is 5.51. The smallest absolute Gasteiger partial charge is 0.245 e. The molecule has 28 heavy (non-hydrogen) atoms. The Hall–Kier alpha value is -2.74. The molecule has 0 aromatic heterocycles. The van der Waals surface area contributed by atoms with Crippen LogP contribution in [0.1, 0.15) is 37.4 Å². The Morgan fingerprint density at radius 1 is 1.21 bits per heavy atom. The van der Waals surface area contributed by atoms with Crippen LogP contribution in [0, 0.1) is 11.7 Å². The number of hydrazone groups is 1. The molecule has 0 saturated carbocycles. The monoisotopic (exact) mass is 403 g/mol. The minimum Gasteiger partial charge on any atom is -0.283 e. The third-order valence-electron chi connectivity index (χ3n) is 4.40. The van der Waals surface area contributed by atoms with Crippen LogP contribution in [-0.4, -0.2) is 31.3 Å². The van der Waals surface area contributed by atoms with Crippen LogP contribution >= 0.6 is 0 Å². The summed E-state index contributed by atoms with van der Waals surface area (Å²) in [6.45, 7) is 3.55. The van der Waals surface area contributed by atoms with Crippen LogP contribution in [0.2, 0.25) is 0 Å². The number of carbonyl (C=O) groups is 1. The van der Waals surface area contributed by atoms with E-state index in [-0.39, 0.29) is 17.6 Å². The SMILES string of the molecule is CC(C)C(=O)N1N=C(c2ccccc2NS(C)(=O)=O)CC1c1cccc(F)c1. The first-order chi connectivity index (χ1) is 13.2. The molecule has 1 heterocycles. The molecule has 1 unspecified atom stereocenters.